The number of hydrogen-bond donors (Lipinski definition) is 2. The van der Waals surface area contributed by atoms with E-state index in [1.165, 1.54) is 33.9 Å². The second-order valence-corrected chi connectivity index (χ2v) is 18.0. The van der Waals surface area contributed by atoms with Crippen LogP contribution in [0, 0.1) is 22.7 Å². The highest BCUT2D eigenvalue weighted by Gasteiger charge is 2.40. The van der Waals surface area contributed by atoms with Crippen LogP contribution in [0.15, 0.2) is 65.5 Å². The van der Waals surface area contributed by atoms with Crippen LogP contribution in [0.25, 0.3) is 16.6 Å². The lowest BCUT2D eigenvalue weighted by molar-refractivity contribution is 0.141. The zero-order valence-electron chi connectivity index (χ0n) is 30.1. The molecule has 11 nitrogen and oxygen atoms in total. The van der Waals surface area contributed by atoms with E-state index in [2.05, 4.69) is 56.8 Å². The van der Waals surface area contributed by atoms with Crippen molar-refractivity contribution in [1.82, 2.24) is 29.1 Å². The van der Waals surface area contributed by atoms with E-state index in [4.69, 9.17) is 33.2 Å². The summed E-state index contributed by atoms with van der Waals surface area (Å²) >= 11 is 12.9. The molecule has 2 saturated heterocycles. The molecular weight excluding hydrogens is 733 g/mol. The first kappa shape index (κ1) is 37.6. The molecule has 0 saturated carbocycles. The van der Waals surface area contributed by atoms with Crippen LogP contribution in [0.3, 0.4) is 0 Å². The third-order valence-electron chi connectivity index (χ3n) is 11.0. The summed E-state index contributed by atoms with van der Waals surface area (Å²) in [5.41, 5.74) is 5.04. The molecule has 2 aliphatic heterocycles. The van der Waals surface area contributed by atoms with Gasteiger partial charge in [-0.15, -0.1) is 0 Å². The summed E-state index contributed by atoms with van der Waals surface area (Å²) in [5, 5.41) is 21.8. The molecule has 7 rings (SSSR count). The summed E-state index contributed by atoms with van der Waals surface area (Å²) in [6, 6.07) is 12.7. The smallest absolute Gasteiger partial charge is 0.245 e. The maximum absolute atomic E-state index is 14.6. The predicted molar refractivity (Wildman–Crippen MR) is 206 cm³/mol. The summed E-state index contributed by atoms with van der Waals surface area (Å²) in [5.74, 6) is 0.412. The van der Waals surface area contributed by atoms with Gasteiger partial charge in [-0.3, -0.25) is 9.80 Å². The van der Waals surface area contributed by atoms with Gasteiger partial charge in [-0.2, -0.15) is 9.57 Å². The average molecular weight is 779 g/mol. The number of hydrogen-bond acceptors (Lipinski definition) is 9. The van der Waals surface area contributed by atoms with Crippen molar-refractivity contribution < 1.29 is 18.3 Å². The number of allylic oxidation sites excluding steroid dienone is 1. The Kier molecular flexibility index (Phi) is 11.1. The first-order valence-corrected chi connectivity index (χ1v) is 20.3. The quantitative estimate of drug-likeness (QED) is 0.159. The average Bonchev–Trinajstić information content (AvgIpc) is 3.62. The number of aromatic nitrogens is 3. The van der Waals surface area contributed by atoms with Gasteiger partial charge in [0.05, 0.1) is 37.7 Å². The number of piperidine rings is 1. The van der Waals surface area contributed by atoms with E-state index in [0.717, 1.165) is 50.8 Å². The Morgan fingerprint density at radius 3 is 2.57 bits per heavy atom. The fourth-order valence-corrected chi connectivity index (χ4v) is 9.95. The highest BCUT2D eigenvalue weighted by atomic mass is 35.5. The molecule has 0 radical (unpaired) electrons. The lowest BCUT2D eigenvalue weighted by Crippen LogP contribution is -2.51. The summed E-state index contributed by atoms with van der Waals surface area (Å²) in [4.78, 5) is 16.2. The van der Waals surface area contributed by atoms with E-state index in [-0.39, 0.29) is 33.5 Å². The zero-order valence-corrected chi connectivity index (χ0v) is 32.4. The molecule has 53 heavy (non-hydrogen) atoms. The van der Waals surface area contributed by atoms with Crippen LogP contribution >= 0.6 is 23.2 Å². The van der Waals surface area contributed by atoms with Crippen molar-refractivity contribution in [1.29, 1.82) is 5.26 Å². The topological polar surface area (TPSA) is 139 Å². The Hall–Kier alpha value is -3.70. The number of nitrogens with zero attached hydrogens (tertiary/aromatic N) is 6. The van der Waals surface area contributed by atoms with Gasteiger partial charge >= 0.3 is 0 Å². The minimum atomic E-state index is -4.14. The molecule has 280 valence electrons. The van der Waals surface area contributed by atoms with E-state index in [9.17, 15) is 13.5 Å². The van der Waals surface area contributed by atoms with Gasteiger partial charge in [0.25, 0.3) is 0 Å². The minimum Gasteiger partial charge on any atom is -0.506 e. The van der Waals surface area contributed by atoms with Crippen molar-refractivity contribution in [2.45, 2.75) is 56.9 Å². The first-order chi connectivity index (χ1) is 25.4. The molecule has 3 aliphatic rings. The van der Waals surface area contributed by atoms with Crippen molar-refractivity contribution in [2.24, 2.45) is 11.3 Å². The number of piperazine rings is 1. The molecule has 0 bridgehead atoms. The van der Waals surface area contributed by atoms with E-state index in [1.54, 1.807) is 6.20 Å². The number of nitrogens with one attached hydrogen (secondary N) is 1. The monoisotopic (exact) mass is 777 g/mol. The number of ether oxygens (including phenoxy) is 1. The van der Waals surface area contributed by atoms with E-state index in [1.807, 2.05) is 18.2 Å². The third kappa shape index (κ3) is 8.21. The number of aromatic hydroxyl groups is 1. The Bertz CT molecular complexity index is 2140. The lowest BCUT2D eigenvalue weighted by Gasteiger charge is -2.42. The number of benzene rings is 1. The van der Waals surface area contributed by atoms with E-state index >= 15 is 0 Å². The van der Waals surface area contributed by atoms with Gasteiger partial charge in [0.2, 0.25) is 15.9 Å². The van der Waals surface area contributed by atoms with Gasteiger partial charge in [0, 0.05) is 48.3 Å². The Morgan fingerprint density at radius 2 is 1.83 bits per heavy atom. The van der Waals surface area contributed by atoms with Crippen LogP contribution in [-0.2, 0) is 10.0 Å². The van der Waals surface area contributed by atoms with Crippen molar-refractivity contribution in [2.75, 3.05) is 52.4 Å². The number of pyridine rings is 2. The van der Waals surface area contributed by atoms with Gasteiger partial charge in [0.1, 0.15) is 21.3 Å². The Morgan fingerprint density at radius 1 is 1.06 bits per heavy atom. The van der Waals surface area contributed by atoms with Crippen molar-refractivity contribution in [3.8, 4) is 17.7 Å². The van der Waals surface area contributed by atoms with Gasteiger partial charge in [-0.05, 0) is 91.9 Å². The molecule has 0 spiro atoms. The molecule has 3 aromatic heterocycles. The van der Waals surface area contributed by atoms with Crippen LogP contribution in [0.5, 0.6) is 11.6 Å². The molecule has 1 unspecified atom stereocenters. The summed E-state index contributed by atoms with van der Waals surface area (Å²) < 4.78 is 36.6. The second-order valence-electron chi connectivity index (χ2n) is 15.2. The van der Waals surface area contributed by atoms with Gasteiger partial charge in [-0.25, -0.2) is 18.4 Å². The molecule has 14 heteroatoms. The van der Waals surface area contributed by atoms with Crippen molar-refractivity contribution >= 4 is 49.8 Å². The van der Waals surface area contributed by atoms with Crippen LogP contribution in [0.4, 0.5) is 0 Å². The number of aromatic amines is 1. The molecule has 1 aromatic carbocycles. The highest BCUT2D eigenvalue weighted by molar-refractivity contribution is 7.89. The van der Waals surface area contributed by atoms with Crippen molar-refractivity contribution in [3.63, 3.8) is 0 Å². The van der Waals surface area contributed by atoms with Crippen LogP contribution in [0.1, 0.15) is 63.1 Å². The van der Waals surface area contributed by atoms with Gasteiger partial charge in [0.15, 0.2) is 0 Å². The minimum absolute atomic E-state index is 0.0424. The fourth-order valence-electron chi connectivity index (χ4n) is 7.99. The molecule has 2 fully saturated rings. The number of rotatable bonds is 10. The number of halogens is 2. The molecule has 0 amide bonds. The van der Waals surface area contributed by atoms with Gasteiger partial charge < -0.3 is 14.8 Å². The Balaban J connectivity index is 1.16. The number of nitriles is 1. The van der Waals surface area contributed by atoms with Gasteiger partial charge in [-0.1, -0.05) is 54.8 Å². The molecule has 1 atom stereocenters. The van der Waals surface area contributed by atoms with Crippen LogP contribution < -0.4 is 4.74 Å². The van der Waals surface area contributed by atoms with E-state index < -0.39 is 16.1 Å². The SMILES string of the molecule is CC1(C)CCC(CN2CCN(S(=O)(=O)c3cnc(OCC4CCN(CC#N)CC4)c(Cl)c3)C(c3c(O)cnc4[nH]ccc34)C2)=C(c2ccc(Cl)cc2)C1. The summed E-state index contributed by atoms with van der Waals surface area (Å²) in [6.07, 6.45) is 9.15. The van der Waals surface area contributed by atoms with Crippen LogP contribution in [0.2, 0.25) is 10.0 Å². The first-order valence-electron chi connectivity index (χ1n) is 18.2. The molecule has 2 N–H and O–H groups in total. The molecule has 1 aliphatic carbocycles. The largest absolute Gasteiger partial charge is 0.506 e. The lowest BCUT2D eigenvalue weighted by atomic mass is 9.72. The predicted octanol–water partition coefficient (Wildman–Crippen LogP) is 7.30. The number of H-pyrrole nitrogens is 1. The third-order valence-corrected chi connectivity index (χ3v) is 13.4. The summed E-state index contributed by atoms with van der Waals surface area (Å²) in [7, 11) is -4.14. The standard InChI is InChI=1S/C39H45Cl2N7O4S/c1-39(2)11-7-28(32(20-39)27-3-5-29(40)6-4-27)23-47-17-18-48(34(24-47)36-31-8-13-43-37(31)44-22-35(36)49)53(50,51)30-19-33(41)38(45-21-30)52-25-26-9-14-46(15-10-26)16-12-42/h3-6,8,13,19,21-22,26,34,49H,7,9-11,14-18,20,23-25H2,1-2H3,(H,43,44). The molecular formula is C39H45Cl2N7O4S. The fraction of sp³-hybridized carbons (Fsp3) is 0.462. The zero-order chi connectivity index (χ0) is 37.3. The van der Waals surface area contributed by atoms with Crippen LogP contribution in [-0.4, -0.2) is 95.0 Å². The molecule has 5 heterocycles. The Labute approximate surface area is 321 Å². The number of likely N-dealkylation sites (tertiary alicyclic amines) is 1. The van der Waals surface area contributed by atoms with E-state index in [0.29, 0.717) is 60.3 Å². The second kappa shape index (κ2) is 15.6. The number of sulfonamides is 1. The normalized spacial score (nSPS) is 20.8. The highest BCUT2D eigenvalue weighted by Crippen LogP contribution is 2.45. The maximum Gasteiger partial charge on any atom is 0.245 e. The molecule has 4 aromatic rings. The maximum atomic E-state index is 14.6. The van der Waals surface area contributed by atoms with Crippen molar-refractivity contribution in [3.05, 3.63) is 81.7 Å². The number of fused-ring (bicyclic) bond motifs is 1. The summed E-state index contributed by atoms with van der Waals surface area (Å²) in [6.45, 7) is 8.81.